The van der Waals surface area contributed by atoms with E-state index >= 15 is 0 Å². The van der Waals surface area contributed by atoms with E-state index < -0.39 is 61.4 Å². The van der Waals surface area contributed by atoms with E-state index in [0.29, 0.717) is 5.56 Å². The number of alkyl halides is 2. The minimum Gasteiger partial charge on any atom is -0.446 e. The number of aliphatic hydroxyl groups is 1. The summed E-state index contributed by atoms with van der Waals surface area (Å²) in [6, 6.07) is 13.6. The predicted octanol–water partition coefficient (Wildman–Crippen LogP) is 4.11. The van der Waals surface area contributed by atoms with Gasteiger partial charge in [0.05, 0.1) is 18.2 Å². The number of amides is 3. The summed E-state index contributed by atoms with van der Waals surface area (Å²) in [5, 5.41) is 21.9. The number of halogens is 3. The van der Waals surface area contributed by atoms with Crippen LogP contribution in [-0.2, 0) is 20.9 Å². The van der Waals surface area contributed by atoms with Crippen molar-refractivity contribution < 1.29 is 33.0 Å². The van der Waals surface area contributed by atoms with Gasteiger partial charge in [0.25, 0.3) is 11.8 Å². The Labute approximate surface area is 244 Å². The zero-order chi connectivity index (χ0) is 30.0. The number of cyclic esters (lactones) is 1. The second-order valence-corrected chi connectivity index (χ2v) is 10.3. The number of carbonyl (C=O) groups excluding carboxylic acids is 3. The predicted molar refractivity (Wildman–Crippen MR) is 147 cm³/mol. The summed E-state index contributed by atoms with van der Waals surface area (Å²) in [6.45, 7) is -0.782. The monoisotopic (exact) mass is 595 g/mol. The van der Waals surface area contributed by atoms with Gasteiger partial charge in [-0.1, -0.05) is 41.9 Å². The van der Waals surface area contributed by atoms with Gasteiger partial charge in [-0.15, -0.1) is 0 Å². The van der Waals surface area contributed by atoms with Crippen molar-refractivity contribution in [1.29, 1.82) is 5.26 Å². The Morgan fingerprint density at radius 2 is 1.98 bits per heavy atom. The molecule has 1 saturated heterocycles. The number of pyridine rings is 1. The van der Waals surface area contributed by atoms with E-state index in [0.717, 1.165) is 9.80 Å². The first-order valence-electron chi connectivity index (χ1n) is 12.9. The Morgan fingerprint density at radius 3 is 2.67 bits per heavy atom. The SMILES string of the molecule is N#Cc1ccnc(N2C(=O)OC[C@H]2C(=O)N(c2cccc(CO)c2)[C@H](C(=O)NC2CC(F)(F)C2)c2ccccc2Cl)c1. The fourth-order valence-corrected chi connectivity index (χ4v) is 5.22. The number of hydrogen-bond donors (Lipinski definition) is 2. The van der Waals surface area contributed by atoms with E-state index in [2.05, 4.69) is 10.3 Å². The van der Waals surface area contributed by atoms with Crippen molar-refractivity contribution in [3.05, 3.63) is 88.6 Å². The van der Waals surface area contributed by atoms with Crippen LogP contribution in [0.5, 0.6) is 0 Å². The highest BCUT2D eigenvalue weighted by Crippen LogP contribution is 2.39. The largest absolute Gasteiger partial charge is 0.446 e. The summed E-state index contributed by atoms with van der Waals surface area (Å²) >= 11 is 6.52. The molecule has 2 aromatic carbocycles. The molecule has 3 aromatic rings. The minimum absolute atomic E-state index is 0.0191. The van der Waals surface area contributed by atoms with Crippen LogP contribution in [0.3, 0.4) is 0 Å². The summed E-state index contributed by atoms with van der Waals surface area (Å²) in [7, 11) is 0. The lowest BCUT2D eigenvalue weighted by molar-refractivity contribution is -0.133. The summed E-state index contributed by atoms with van der Waals surface area (Å²) in [6.07, 6.45) is -0.698. The third-order valence-corrected chi connectivity index (χ3v) is 7.38. The second kappa shape index (κ2) is 11.7. The van der Waals surface area contributed by atoms with E-state index in [9.17, 15) is 33.5 Å². The van der Waals surface area contributed by atoms with Crippen molar-refractivity contribution in [3.63, 3.8) is 0 Å². The number of nitriles is 1. The Bertz CT molecular complexity index is 1570. The molecule has 216 valence electrons. The lowest BCUT2D eigenvalue weighted by Gasteiger charge is -2.39. The molecule has 0 unspecified atom stereocenters. The number of ether oxygens (including phenoxy) is 1. The maximum Gasteiger partial charge on any atom is 0.416 e. The van der Waals surface area contributed by atoms with E-state index in [1.165, 1.54) is 42.6 Å². The van der Waals surface area contributed by atoms with Gasteiger partial charge in [0.1, 0.15) is 18.5 Å². The number of aromatic nitrogens is 1. The molecule has 2 atom stereocenters. The quantitative estimate of drug-likeness (QED) is 0.400. The van der Waals surface area contributed by atoms with E-state index in [1.54, 1.807) is 24.3 Å². The molecule has 2 heterocycles. The number of benzene rings is 2. The number of rotatable bonds is 8. The van der Waals surface area contributed by atoms with E-state index in [4.69, 9.17) is 16.3 Å². The van der Waals surface area contributed by atoms with Gasteiger partial charge in [0.2, 0.25) is 5.91 Å². The van der Waals surface area contributed by atoms with Crippen molar-refractivity contribution >= 4 is 41.0 Å². The molecule has 1 saturated carbocycles. The summed E-state index contributed by atoms with van der Waals surface area (Å²) < 4.78 is 32.5. The van der Waals surface area contributed by atoms with Gasteiger partial charge in [-0.3, -0.25) is 14.5 Å². The van der Waals surface area contributed by atoms with Crippen LogP contribution in [0.4, 0.5) is 25.1 Å². The average Bonchev–Trinajstić information content (AvgIpc) is 3.36. The first-order valence-corrected chi connectivity index (χ1v) is 13.3. The lowest BCUT2D eigenvalue weighted by atomic mass is 9.87. The standard InChI is InChI=1S/C29H24ClF2N5O5/c30-22-7-2-1-6-21(22)25(26(39)35-19-12-29(31,32)13-19)36(20-5-3-4-18(10-20)15-38)27(40)23-16-42-28(41)37(23)24-11-17(14-33)8-9-34-24/h1-11,19,23,25,38H,12-13,15-16H2,(H,35,39)/t23-,25-/m0/s1. The van der Waals surface area contributed by atoms with Crippen molar-refractivity contribution in [2.45, 2.75) is 43.5 Å². The van der Waals surface area contributed by atoms with Crippen LogP contribution in [0.1, 0.15) is 35.6 Å². The smallest absolute Gasteiger partial charge is 0.416 e. The van der Waals surface area contributed by atoms with Crippen molar-refractivity contribution in [1.82, 2.24) is 10.3 Å². The Balaban J connectivity index is 1.62. The van der Waals surface area contributed by atoms with Gasteiger partial charge in [-0.05, 0) is 35.9 Å². The molecule has 0 bridgehead atoms. The third-order valence-electron chi connectivity index (χ3n) is 7.03. The molecule has 2 N–H and O–H groups in total. The van der Waals surface area contributed by atoms with Crippen LogP contribution in [0.2, 0.25) is 5.02 Å². The molecule has 1 aliphatic heterocycles. The molecule has 42 heavy (non-hydrogen) atoms. The van der Waals surface area contributed by atoms with Crippen LogP contribution >= 0.6 is 11.6 Å². The van der Waals surface area contributed by atoms with Gasteiger partial charge in [0.15, 0.2) is 6.04 Å². The van der Waals surface area contributed by atoms with Gasteiger partial charge in [0, 0.05) is 41.4 Å². The third kappa shape index (κ3) is 5.74. The van der Waals surface area contributed by atoms with Crippen LogP contribution in [0, 0.1) is 11.3 Å². The number of aliphatic hydroxyl groups excluding tert-OH is 1. The van der Waals surface area contributed by atoms with Crippen LogP contribution in [0.15, 0.2) is 66.9 Å². The molecular formula is C29H24ClF2N5O5. The van der Waals surface area contributed by atoms with E-state index in [-0.39, 0.29) is 34.3 Å². The maximum absolute atomic E-state index is 14.5. The zero-order valence-corrected chi connectivity index (χ0v) is 22.7. The zero-order valence-electron chi connectivity index (χ0n) is 21.9. The summed E-state index contributed by atoms with van der Waals surface area (Å²) in [5.41, 5.74) is 0.973. The molecular weight excluding hydrogens is 572 g/mol. The van der Waals surface area contributed by atoms with Crippen LogP contribution < -0.4 is 15.1 Å². The van der Waals surface area contributed by atoms with Gasteiger partial charge < -0.3 is 15.2 Å². The maximum atomic E-state index is 14.5. The average molecular weight is 596 g/mol. The molecule has 0 spiro atoms. The highest BCUT2D eigenvalue weighted by Gasteiger charge is 2.49. The van der Waals surface area contributed by atoms with Gasteiger partial charge in [-0.25, -0.2) is 23.5 Å². The van der Waals surface area contributed by atoms with Crippen molar-refractivity contribution in [2.24, 2.45) is 0 Å². The topological polar surface area (TPSA) is 136 Å². The molecule has 5 rings (SSSR count). The normalized spacial score (nSPS) is 18.4. The Morgan fingerprint density at radius 1 is 1.21 bits per heavy atom. The first kappa shape index (κ1) is 28.9. The molecule has 13 heteroatoms. The molecule has 2 fully saturated rings. The minimum atomic E-state index is -2.91. The number of anilines is 2. The molecule has 0 radical (unpaired) electrons. The summed E-state index contributed by atoms with van der Waals surface area (Å²) in [4.78, 5) is 47.4. The molecule has 3 amide bonds. The Hall–Kier alpha value is -4.60. The molecule has 1 aliphatic carbocycles. The van der Waals surface area contributed by atoms with Crippen LogP contribution in [-0.4, -0.2) is 52.6 Å². The summed E-state index contributed by atoms with van der Waals surface area (Å²) in [5.74, 6) is -4.48. The number of nitrogens with zero attached hydrogens (tertiary/aromatic N) is 4. The van der Waals surface area contributed by atoms with Gasteiger partial charge >= 0.3 is 6.09 Å². The fourth-order valence-electron chi connectivity index (χ4n) is 4.98. The molecule has 10 nitrogen and oxygen atoms in total. The lowest BCUT2D eigenvalue weighted by Crippen LogP contribution is -2.56. The number of carbonyl (C=O) groups is 3. The fraction of sp³-hybridized carbons (Fsp3) is 0.276. The van der Waals surface area contributed by atoms with Gasteiger partial charge in [-0.2, -0.15) is 5.26 Å². The Kier molecular flexibility index (Phi) is 8.06. The van der Waals surface area contributed by atoms with Crippen LogP contribution in [0.25, 0.3) is 0 Å². The van der Waals surface area contributed by atoms with Crippen molar-refractivity contribution in [2.75, 3.05) is 16.4 Å². The second-order valence-electron chi connectivity index (χ2n) is 9.91. The highest BCUT2D eigenvalue weighted by molar-refractivity contribution is 6.31. The van der Waals surface area contributed by atoms with E-state index in [1.807, 2.05) is 6.07 Å². The molecule has 2 aliphatic rings. The number of hydrogen-bond acceptors (Lipinski definition) is 7. The van der Waals surface area contributed by atoms with Crippen molar-refractivity contribution in [3.8, 4) is 6.07 Å². The highest BCUT2D eigenvalue weighted by atomic mass is 35.5. The first-order chi connectivity index (χ1) is 20.1. The number of nitrogens with one attached hydrogen (secondary N) is 1. The molecule has 1 aromatic heterocycles.